The van der Waals surface area contributed by atoms with E-state index in [2.05, 4.69) is 13.8 Å². The first-order valence-electron chi connectivity index (χ1n) is 7.58. The molecule has 118 valence electrons. The van der Waals surface area contributed by atoms with Crippen LogP contribution >= 0.6 is 0 Å². The van der Waals surface area contributed by atoms with Gasteiger partial charge in [-0.05, 0) is 49.8 Å². The van der Waals surface area contributed by atoms with Crippen LogP contribution in [0.5, 0.6) is 5.75 Å². The number of hydrogen-bond donors (Lipinski definition) is 0. The van der Waals surface area contributed by atoms with E-state index in [0.717, 1.165) is 12.0 Å². The van der Waals surface area contributed by atoms with Gasteiger partial charge in [0.15, 0.2) is 0 Å². The summed E-state index contributed by atoms with van der Waals surface area (Å²) >= 11 is 0. The van der Waals surface area contributed by atoms with Crippen molar-refractivity contribution in [2.75, 3.05) is 19.7 Å². The molecule has 4 nitrogen and oxygen atoms in total. The monoisotopic (exact) mass is 311 g/mol. The summed E-state index contributed by atoms with van der Waals surface area (Å²) < 4.78 is 33.1. The van der Waals surface area contributed by atoms with E-state index in [4.69, 9.17) is 4.74 Å². The maximum atomic E-state index is 13.0. The van der Waals surface area contributed by atoms with Gasteiger partial charge in [-0.25, -0.2) is 8.42 Å². The second-order valence-electron chi connectivity index (χ2n) is 6.15. The molecule has 0 unspecified atom stereocenters. The van der Waals surface area contributed by atoms with Crippen LogP contribution < -0.4 is 4.74 Å². The average molecular weight is 311 g/mol. The Balaban J connectivity index is 2.41. The zero-order valence-corrected chi connectivity index (χ0v) is 14.1. The molecule has 2 rings (SSSR count). The van der Waals surface area contributed by atoms with Crippen molar-refractivity contribution in [3.05, 3.63) is 23.8 Å². The number of benzene rings is 1. The van der Waals surface area contributed by atoms with E-state index >= 15 is 0 Å². The lowest BCUT2D eigenvalue weighted by atomic mass is 9.94. The fourth-order valence-electron chi connectivity index (χ4n) is 3.03. The Morgan fingerprint density at radius 2 is 1.86 bits per heavy atom. The number of hydrogen-bond acceptors (Lipinski definition) is 3. The van der Waals surface area contributed by atoms with Crippen LogP contribution in [0.4, 0.5) is 0 Å². The zero-order valence-electron chi connectivity index (χ0n) is 13.3. The fourth-order valence-corrected chi connectivity index (χ4v) is 4.93. The van der Waals surface area contributed by atoms with Gasteiger partial charge in [0, 0.05) is 13.1 Å². The second-order valence-corrected chi connectivity index (χ2v) is 8.06. The van der Waals surface area contributed by atoms with E-state index < -0.39 is 10.0 Å². The molecule has 1 aromatic rings. The average Bonchev–Trinajstić information content (AvgIpc) is 2.40. The summed E-state index contributed by atoms with van der Waals surface area (Å²) in [6, 6.07) is 5.35. The number of piperidine rings is 1. The molecule has 1 saturated heterocycles. The van der Waals surface area contributed by atoms with Crippen LogP contribution in [0, 0.1) is 18.8 Å². The Morgan fingerprint density at radius 3 is 2.43 bits per heavy atom. The maximum Gasteiger partial charge on any atom is 0.246 e. The molecule has 0 radical (unpaired) electrons. The van der Waals surface area contributed by atoms with E-state index in [1.54, 1.807) is 16.4 Å². The first-order chi connectivity index (χ1) is 9.84. The lowest BCUT2D eigenvalue weighted by molar-refractivity contribution is 0.222. The van der Waals surface area contributed by atoms with Gasteiger partial charge in [-0.15, -0.1) is 0 Å². The van der Waals surface area contributed by atoms with Crippen molar-refractivity contribution in [3.8, 4) is 5.75 Å². The van der Waals surface area contributed by atoms with Crippen LogP contribution in [0.2, 0.25) is 0 Å². The Bertz CT molecular complexity index is 588. The highest BCUT2D eigenvalue weighted by molar-refractivity contribution is 7.89. The SMILES string of the molecule is CCOc1ccc(C)cc1S(=O)(=O)N1C[C@H](C)C[C@@H](C)C1. The topological polar surface area (TPSA) is 46.6 Å². The van der Waals surface area contributed by atoms with Crippen molar-refractivity contribution < 1.29 is 13.2 Å². The Kier molecular flexibility index (Phi) is 4.94. The van der Waals surface area contributed by atoms with Crippen molar-refractivity contribution in [2.24, 2.45) is 11.8 Å². The highest BCUT2D eigenvalue weighted by Gasteiger charge is 2.33. The third-order valence-electron chi connectivity index (χ3n) is 3.85. The molecule has 1 fully saturated rings. The molecular weight excluding hydrogens is 286 g/mol. The summed E-state index contributed by atoms with van der Waals surface area (Å²) in [7, 11) is -3.49. The molecule has 1 heterocycles. The van der Waals surface area contributed by atoms with Crippen LogP contribution in [0.1, 0.15) is 32.8 Å². The van der Waals surface area contributed by atoms with Gasteiger partial charge in [-0.1, -0.05) is 19.9 Å². The van der Waals surface area contributed by atoms with E-state index in [-0.39, 0.29) is 0 Å². The minimum atomic E-state index is -3.49. The smallest absolute Gasteiger partial charge is 0.246 e. The summed E-state index contributed by atoms with van der Waals surface area (Å²) in [5.74, 6) is 1.24. The fraction of sp³-hybridized carbons (Fsp3) is 0.625. The minimum absolute atomic E-state index is 0.297. The first kappa shape index (κ1) is 16.3. The number of aryl methyl sites for hydroxylation is 1. The van der Waals surface area contributed by atoms with Crippen molar-refractivity contribution in [2.45, 2.75) is 39.0 Å². The maximum absolute atomic E-state index is 13.0. The molecule has 1 aliphatic rings. The van der Waals surface area contributed by atoms with E-state index in [1.165, 1.54) is 0 Å². The molecule has 0 saturated carbocycles. The van der Waals surface area contributed by atoms with E-state index in [9.17, 15) is 8.42 Å². The summed E-state index contributed by atoms with van der Waals surface area (Å²) in [6.45, 7) is 9.62. The number of sulfonamides is 1. The molecule has 21 heavy (non-hydrogen) atoms. The van der Waals surface area contributed by atoms with Crippen LogP contribution in [0.25, 0.3) is 0 Å². The predicted molar refractivity (Wildman–Crippen MR) is 84.1 cm³/mol. The molecule has 1 aliphatic heterocycles. The van der Waals surface area contributed by atoms with Crippen molar-refractivity contribution in [1.29, 1.82) is 0 Å². The molecule has 0 aliphatic carbocycles. The molecule has 0 aromatic heterocycles. The summed E-state index contributed by atoms with van der Waals surface area (Å²) in [5, 5.41) is 0. The highest BCUT2D eigenvalue weighted by Crippen LogP contribution is 2.32. The quantitative estimate of drug-likeness (QED) is 0.858. The summed E-state index contributed by atoms with van der Waals surface area (Å²) in [5.41, 5.74) is 0.926. The Labute approximate surface area is 128 Å². The molecular formula is C16H25NO3S. The number of rotatable bonds is 4. The molecule has 0 bridgehead atoms. The summed E-state index contributed by atoms with van der Waals surface area (Å²) in [4.78, 5) is 0.297. The third-order valence-corrected chi connectivity index (χ3v) is 5.71. The molecule has 2 atom stereocenters. The standard InChI is InChI=1S/C16H25NO3S/c1-5-20-15-7-6-12(2)9-16(15)21(18,19)17-10-13(3)8-14(4)11-17/h6-7,9,13-14H,5,8,10-11H2,1-4H3/t13-,14-/m1/s1. The summed E-state index contributed by atoms with van der Waals surface area (Å²) in [6.07, 6.45) is 1.08. The van der Waals surface area contributed by atoms with Crippen LogP contribution in [0.3, 0.4) is 0 Å². The van der Waals surface area contributed by atoms with Gasteiger partial charge in [-0.3, -0.25) is 0 Å². The number of ether oxygens (including phenoxy) is 1. The Morgan fingerprint density at radius 1 is 1.24 bits per heavy atom. The van der Waals surface area contributed by atoms with Gasteiger partial charge in [0.2, 0.25) is 10.0 Å². The van der Waals surface area contributed by atoms with Crippen LogP contribution in [0.15, 0.2) is 23.1 Å². The molecule has 1 aromatic carbocycles. The first-order valence-corrected chi connectivity index (χ1v) is 9.02. The van der Waals surface area contributed by atoms with Gasteiger partial charge in [0.1, 0.15) is 10.6 Å². The van der Waals surface area contributed by atoms with E-state index in [1.807, 2.05) is 19.9 Å². The van der Waals surface area contributed by atoms with Gasteiger partial charge < -0.3 is 4.74 Å². The van der Waals surface area contributed by atoms with Crippen molar-refractivity contribution in [1.82, 2.24) is 4.31 Å². The molecule has 0 spiro atoms. The van der Waals surface area contributed by atoms with Crippen LogP contribution in [-0.2, 0) is 10.0 Å². The Hall–Kier alpha value is -1.07. The van der Waals surface area contributed by atoms with E-state index in [0.29, 0.717) is 42.2 Å². The number of nitrogens with zero attached hydrogens (tertiary/aromatic N) is 1. The largest absolute Gasteiger partial charge is 0.492 e. The minimum Gasteiger partial charge on any atom is -0.492 e. The molecule has 5 heteroatoms. The predicted octanol–water partition coefficient (Wildman–Crippen LogP) is 3.06. The molecule has 0 amide bonds. The highest BCUT2D eigenvalue weighted by atomic mass is 32.2. The van der Waals surface area contributed by atoms with Gasteiger partial charge in [-0.2, -0.15) is 4.31 Å². The third kappa shape index (κ3) is 3.58. The van der Waals surface area contributed by atoms with Crippen molar-refractivity contribution >= 4 is 10.0 Å². The van der Waals surface area contributed by atoms with Gasteiger partial charge in [0.05, 0.1) is 6.61 Å². The van der Waals surface area contributed by atoms with Gasteiger partial charge in [0.25, 0.3) is 0 Å². The second kappa shape index (κ2) is 6.36. The zero-order chi connectivity index (χ0) is 15.6. The van der Waals surface area contributed by atoms with Crippen molar-refractivity contribution in [3.63, 3.8) is 0 Å². The molecule has 0 N–H and O–H groups in total. The van der Waals surface area contributed by atoms with Crippen LogP contribution in [-0.4, -0.2) is 32.4 Å². The lowest BCUT2D eigenvalue weighted by Crippen LogP contribution is -2.42. The normalized spacial score (nSPS) is 24.0. The lowest BCUT2D eigenvalue weighted by Gasteiger charge is -2.34. The van der Waals surface area contributed by atoms with Gasteiger partial charge >= 0.3 is 0 Å².